The molecule has 2 aliphatic heterocycles. The largest absolute Gasteiger partial charge is 0.478 e. The zero-order chi connectivity index (χ0) is 18.1. The van der Waals surface area contributed by atoms with E-state index in [9.17, 15) is 14.0 Å². The zero-order valence-corrected chi connectivity index (χ0v) is 14.4. The Morgan fingerprint density at radius 3 is 2.88 bits per heavy atom. The van der Waals surface area contributed by atoms with Crippen LogP contribution in [0.15, 0.2) is 12.1 Å². The van der Waals surface area contributed by atoms with Gasteiger partial charge in [-0.2, -0.15) is 0 Å². The quantitative estimate of drug-likeness (QED) is 0.754. The number of nitrogens with one attached hydrogen (secondary N) is 3. The van der Waals surface area contributed by atoms with Crippen molar-refractivity contribution in [2.24, 2.45) is 0 Å². The number of carbonyl (C=O) groups excluding carboxylic acids is 2. The van der Waals surface area contributed by atoms with Gasteiger partial charge in [-0.05, 0) is 25.3 Å². The predicted octanol–water partition coefficient (Wildman–Crippen LogP) is 2.77. The van der Waals surface area contributed by atoms with Crippen molar-refractivity contribution in [2.45, 2.75) is 50.2 Å². The van der Waals surface area contributed by atoms with Crippen LogP contribution in [0.5, 0.6) is 5.75 Å². The first kappa shape index (κ1) is 17.1. The molecule has 1 saturated heterocycles. The zero-order valence-electron chi connectivity index (χ0n) is 14.4. The normalized spacial score (nSPS) is 23.7. The Kier molecular flexibility index (Phi) is 4.44. The van der Waals surface area contributed by atoms with E-state index >= 15 is 0 Å². The van der Waals surface area contributed by atoms with Gasteiger partial charge in [0, 0.05) is 11.8 Å². The van der Waals surface area contributed by atoms with Gasteiger partial charge in [-0.25, -0.2) is 9.18 Å². The van der Waals surface area contributed by atoms with Crippen LogP contribution >= 0.6 is 0 Å². The third-order valence-corrected chi connectivity index (χ3v) is 5.23. The van der Waals surface area contributed by atoms with Gasteiger partial charge in [0.2, 0.25) is 0 Å². The summed E-state index contributed by atoms with van der Waals surface area (Å²) in [6.45, 7) is 0.274. The lowest BCUT2D eigenvalue weighted by Gasteiger charge is -2.32. The Bertz CT molecular complexity index is 733. The Morgan fingerprint density at radius 1 is 1.27 bits per heavy atom. The Balaban J connectivity index is 1.37. The first-order valence-corrected chi connectivity index (χ1v) is 9.01. The van der Waals surface area contributed by atoms with Gasteiger partial charge in [-0.1, -0.05) is 19.3 Å². The van der Waals surface area contributed by atoms with Crippen molar-refractivity contribution < 1.29 is 23.5 Å². The molecule has 1 atom stereocenters. The number of ether oxygens (including phenoxy) is 2. The summed E-state index contributed by atoms with van der Waals surface area (Å²) in [5, 5.41) is 8.04. The molecule has 26 heavy (non-hydrogen) atoms. The van der Waals surface area contributed by atoms with Gasteiger partial charge in [0.1, 0.15) is 0 Å². The van der Waals surface area contributed by atoms with Crippen molar-refractivity contribution in [3.63, 3.8) is 0 Å². The molecule has 0 radical (unpaired) electrons. The summed E-state index contributed by atoms with van der Waals surface area (Å²) in [5.74, 6) is -1.01. The number of rotatable bonds is 2. The number of fused-ring (bicyclic) bond motifs is 1. The number of hydrogen-bond acceptors (Lipinski definition) is 4. The van der Waals surface area contributed by atoms with E-state index in [4.69, 9.17) is 9.47 Å². The molecule has 0 bridgehead atoms. The van der Waals surface area contributed by atoms with Crippen molar-refractivity contribution in [1.29, 1.82) is 0 Å². The molecule has 1 aliphatic carbocycles. The maximum Gasteiger partial charge on any atom is 0.319 e. The molecule has 2 heterocycles. The van der Waals surface area contributed by atoms with Crippen LogP contribution in [-0.4, -0.2) is 36.8 Å². The minimum atomic E-state index is -0.636. The van der Waals surface area contributed by atoms with Crippen molar-refractivity contribution in [1.82, 2.24) is 5.32 Å². The third-order valence-electron chi connectivity index (χ3n) is 5.23. The van der Waals surface area contributed by atoms with Crippen molar-refractivity contribution in [3.05, 3.63) is 17.9 Å². The Hall–Kier alpha value is -2.35. The van der Waals surface area contributed by atoms with Crippen molar-refractivity contribution in [2.75, 3.05) is 23.8 Å². The number of hydrogen-bond donors (Lipinski definition) is 3. The van der Waals surface area contributed by atoms with Crippen LogP contribution in [0.4, 0.5) is 20.6 Å². The molecule has 4 rings (SSSR count). The van der Waals surface area contributed by atoms with E-state index in [-0.39, 0.29) is 41.3 Å². The van der Waals surface area contributed by atoms with Crippen LogP contribution in [0.3, 0.4) is 0 Å². The summed E-state index contributed by atoms with van der Waals surface area (Å²) in [6.07, 6.45) is 6.48. The standard InChI is InChI=1S/C18H22FN3O4/c19-13-6-11(7-14-16(13)25-10-15(23)22-14)20-17(24)21-12-8-18(26-9-12)4-2-1-3-5-18/h6-7,12H,1-5,8-10H2,(H,22,23)(H2,20,21,24). The number of halogens is 1. The second kappa shape index (κ2) is 6.75. The van der Waals surface area contributed by atoms with E-state index < -0.39 is 11.8 Å². The van der Waals surface area contributed by atoms with Crippen LogP contribution in [0.2, 0.25) is 0 Å². The number of amides is 3. The van der Waals surface area contributed by atoms with Crippen molar-refractivity contribution >= 4 is 23.3 Å². The summed E-state index contributed by atoms with van der Waals surface area (Å²) in [5.41, 5.74) is 0.369. The monoisotopic (exact) mass is 363 g/mol. The molecule has 1 aromatic rings. The molecule has 140 valence electrons. The second-order valence-corrected chi connectivity index (χ2v) is 7.23. The van der Waals surface area contributed by atoms with E-state index in [1.165, 1.54) is 31.4 Å². The van der Waals surface area contributed by atoms with Gasteiger partial charge in [-0.15, -0.1) is 0 Å². The van der Waals surface area contributed by atoms with Crippen LogP contribution in [0, 0.1) is 5.82 Å². The highest BCUT2D eigenvalue weighted by Crippen LogP contribution is 2.39. The molecule has 8 heteroatoms. The highest BCUT2D eigenvalue weighted by atomic mass is 19.1. The molecule has 3 N–H and O–H groups in total. The third kappa shape index (κ3) is 3.46. The summed E-state index contributed by atoms with van der Waals surface area (Å²) in [4.78, 5) is 23.6. The van der Waals surface area contributed by atoms with Gasteiger partial charge in [0.05, 0.1) is 23.9 Å². The molecule has 0 aromatic heterocycles. The van der Waals surface area contributed by atoms with E-state index in [0.717, 1.165) is 19.3 Å². The molecule has 2 fully saturated rings. The van der Waals surface area contributed by atoms with E-state index in [1.54, 1.807) is 0 Å². The molecule has 1 spiro atoms. The van der Waals surface area contributed by atoms with Gasteiger partial charge in [-0.3, -0.25) is 4.79 Å². The van der Waals surface area contributed by atoms with Gasteiger partial charge >= 0.3 is 6.03 Å². The van der Waals surface area contributed by atoms with Crippen LogP contribution in [0.1, 0.15) is 38.5 Å². The fourth-order valence-corrected chi connectivity index (χ4v) is 4.06. The lowest BCUT2D eigenvalue weighted by atomic mass is 9.82. The average Bonchev–Trinajstić information content (AvgIpc) is 2.96. The highest BCUT2D eigenvalue weighted by Gasteiger charge is 2.41. The summed E-state index contributed by atoms with van der Waals surface area (Å²) in [6, 6.07) is 2.17. The first-order chi connectivity index (χ1) is 12.5. The minimum absolute atomic E-state index is 0.0148. The fraction of sp³-hybridized carbons (Fsp3) is 0.556. The van der Waals surface area contributed by atoms with Gasteiger partial charge in [0.15, 0.2) is 18.2 Å². The number of urea groups is 1. The Labute approximate surface area is 150 Å². The molecular weight excluding hydrogens is 341 g/mol. The predicted molar refractivity (Wildman–Crippen MR) is 92.9 cm³/mol. The number of benzene rings is 1. The van der Waals surface area contributed by atoms with Crippen LogP contribution in [-0.2, 0) is 9.53 Å². The van der Waals surface area contributed by atoms with E-state index in [0.29, 0.717) is 6.61 Å². The summed E-state index contributed by atoms with van der Waals surface area (Å²) in [7, 11) is 0. The summed E-state index contributed by atoms with van der Waals surface area (Å²) < 4.78 is 25.1. The molecule has 3 aliphatic rings. The second-order valence-electron chi connectivity index (χ2n) is 7.23. The van der Waals surface area contributed by atoms with Gasteiger partial charge < -0.3 is 25.4 Å². The average molecular weight is 363 g/mol. The SMILES string of the molecule is O=C1COc2c(F)cc(NC(=O)NC3COC4(CCCCC4)C3)cc2N1. The van der Waals surface area contributed by atoms with Crippen LogP contribution in [0.25, 0.3) is 0 Å². The first-order valence-electron chi connectivity index (χ1n) is 9.01. The van der Waals surface area contributed by atoms with Crippen LogP contribution < -0.4 is 20.7 Å². The maximum absolute atomic E-state index is 14.1. The Morgan fingerprint density at radius 2 is 2.08 bits per heavy atom. The smallest absolute Gasteiger partial charge is 0.319 e. The molecule has 7 nitrogen and oxygen atoms in total. The highest BCUT2D eigenvalue weighted by molar-refractivity contribution is 5.97. The summed E-state index contributed by atoms with van der Waals surface area (Å²) >= 11 is 0. The molecule has 1 saturated carbocycles. The van der Waals surface area contributed by atoms with Crippen molar-refractivity contribution in [3.8, 4) is 5.75 Å². The molecular formula is C18H22FN3O4. The maximum atomic E-state index is 14.1. The van der Waals surface area contributed by atoms with E-state index in [1.807, 2.05) is 0 Å². The fourth-order valence-electron chi connectivity index (χ4n) is 4.06. The minimum Gasteiger partial charge on any atom is -0.478 e. The molecule has 1 aromatic carbocycles. The lowest BCUT2D eigenvalue weighted by molar-refractivity contribution is -0.118. The van der Waals surface area contributed by atoms with E-state index in [2.05, 4.69) is 16.0 Å². The topological polar surface area (TPSA) is 88.7 Å². The number of carbonyl (C=O) groups is 2. The lowest BCUT2D eigenvalue weighted by Crippen LogP contribution is -2.39. The van der Waals surface area contributed by atoms with Gasteiger partial charge in [0.25, 0.3) is 5.91 Å². The molecule has 1 unspecified atom stereocenters. The molecule has 3 amide bonds. The number of anilines is 2.